The van der Waals surface area contributed by atoms with E-state index < -0.39 is 11.6 Å². The number of hydrogen-bond acceptors (Lipinski definition) is 3. The van der Waals surface area contributed by atoms with Crippen LogP contribution >= 0.6 is 11.8 Å². The maximum absolute atomic E-state index is 13.2. The first-order valence-electron chi connectivity index (χ1n) is 4.75. The second-order valence-electron chi connectivity index (χ2n) is 3.72. The van der Waals surface area contributed by atoms with Gasteiger partial charge in [-0.05, 0) is 19.1 Å². The van der Waals surface area contributed by atoms with Crippen LogP contribution in [0.3, 0.4) is 0 Å². The fourth-order valence-corrected chi connectivity index (χ4v) is 2.11. The largest absolute Gasteiger partial charge is 0.366 e. The van der Waals surface area contributed by atoms with Gasteiger partial charge in [-0.25, -0.2) is 13.8 Å². The number of rotatable bonds is 4. The average molecular weight is 230 g/mol. The highest BCUT2D eigenvalue weighted by Gasteiger charge is 2.41. The Kier molecular flexibility index (Phi) is 2.82. The van der Waals surface area contributed by atoms with Crippen LogP contribution in [0.25, 0.3) is 0 Å². The highest BCUT2D eigenvalue weighted by molar-refractivity contribution is 8.00. The summed E-state index contributed by atoms with van der Waals surface area (Å²) in [5, 5.41) is 2.92. The van der Waals surface area contributed by atoms with Gasteiger partial charge in [0.05, 0.1) is 6.20 Å². The zero-order chi connectivity index (χ0) is 10.9. The maximum atomic E-state index is 13.2. The molecule has 1 heterocycles. The Morgan fingerprint density at radius 2 is 2.27 bits per heavy atom. The van der Waals surface area contributed by atoms with Crippen LogP contribution in [0, 0.1) is 11.6 Å². The van der Waals surface area contributed by atoms with Crippen LogP contribution in [0.15, 0.2) is 12.3 Å². The standard InChI is InChI=1S/C10H12F2N2S/c1-15-10(2-3-10)6-14-9-8(12)4-7(11)5-13-9/h4-5H,2-3,6H2,1H3,(H,13,14). The van der Waals surface area contributed by atoms with Gasteiger partial charge in [0, 0.05) is 17.4 Å². The van der Waals surface area contributed by atoms with Crippen molar-refractivity contribution < 1.29 is 8.78 Å². The highest BCUT2D eigenvalue weighted by Crippen LogP contribution is 2.46. The predicted octanol–water partition coefficient (Wildman–Crippen LogP) is 2.67. The predicted molar refractivity (Wildman–Crippen MR) is 58.1 cm³/mol. The summed E-state index contributed by atoms with van der Waals surface area (Å²) in [4.78, 5) is 3.67. The number of halogens is 2. The molecule has 1 N–H and O–H groups in total. The molecule has 0 spiro atoms. The van der Waals surface area contributed by atoms with Gasteiger partial charge in [0.15, 0.2) is 11.6 Å². The Balaban J connectivity index is 1.99. The van der Waals surface area contributed by atoms with E-state index in [1.54, 1.807) is 11.8 Å². The van der Waals surface area contributed by atoms with Gasteiger partial charge in [-0.15, -0.1) is 0 Å². The number of nitrogens with one attached hydrogen (secondary N) is 1. The van der Waals surface area contributed by atoms with Gasteiger partial charge in [0.25, 0.3) is 0 Å². The Morgan fingerprint density at radius 3 is 2.80 bits per heavy atom. The molecule has 1 fully saturated rings. The van der Waals surface area contributed by atoms with Crippen LogP contribution in [0.2, 0.25) is 0 Å². The van der Waals surface area contributed by atoms with Crippen molar-refractivity contribution in [3.63, 3.8) is 0 Å². The van der Waals surface area contributed by atoms with Crippen molar-refractivity contribution >= 4 is 17.6 Å². The first-order valence-corrected chi connectivity index (χ1v) is 5.98. The van der Waals surface area contributed by atoms with E-state index in [1.807, 2.05) is 6.26 Å². The zero-order valence-corrected chi connectivity index (χ0v) is 9.20. The molecule has 0 amide bonds. The quantitative estimate of drug-likeness (QED) is 0.860. The van der Waals surface area contributed by atoms with Gasteiger partial charge in [0.2, 0.25) is 0 Å². The molecule has 2 rings (SSSR count). The Labute approximate surface area is 91.5 Å². The molecule has 82 valence electrons. The first kappa shape index (κ1) is 10.7. The molecule has 1 aliphatic rings. The van der Waals surface area contributed by atoms with Crippen molar-refractivity contribution in [2.75, 3.05) is 18.1 Å². The van der Waals surface area contributed by atoms with E-state index in [0.29, 0.717) is 6.54 Å². The first-order chi connectivity index (χ1) is 7.15. The second-order valence-corrected chi connectivity index (χ2v) is 5.00. The minimum atomic E-state index is -0.649. The van der Waals surface area contributed by atoms with Crippen LogP contribution in [-0.2, 0) is 0 Å². The second kappa shape index (κ2) is 3.96. The van der Waals surface area contributed by atoms with E-state index >= 15 is 0 Å². The van der Waals surface area contributed by atoms with Crippen molar-refractivity contribution in [1.82, 2.24) is 4.98 Å². The molecule has 15 heavy (non-hydrogen) atoms. The Morgan fingerprint density at radius 1 is 1.53 bits per heavy atom. The molecule has 0 aliphatic heterocycles. The molecule has 0 radical (unpaired) electrons. The minimum Gasteiger partial charge on any atom is -0.366 e. The molecule has 0 bridgehead atoms. The summed E-state index contributed by atoms with van der Waals surface area (Å²) in [6.07, 6.45) is 5.35. The monoisotopic (exact) mass is 230 g/mol. The summed E-state index contributed by atoms with van der Waals surface area (Å²) in [6, 6.07) is 0.841. The molecule has 5 heteroatoms. The molecule has 1 saturated carbocycles. The van der Waals surface area contributed by atoms with Gasteiger partial charge in [-0.2, -0.15) is 11.8 Å². The van der Waals surface area contributed by atoms with Crippen molar-refractivity contribution in [3.05, 3.63) is 23.9 Å². The summed E-state index contributed by atoms with van der Waals surface area (Å²) in [6.45, 7) is 0.684. The minimum absolute atomic E-state index is 0.136. The van der Waals surface area contributed by atoms with Crippen LogP contribution in [-0.4, -0.2) is 22.5 Å². The number of nitrogens with zero attached hydrogens (tertiary/aromatic N) is 1. The lowest BCUT2D eigenvalue weighted by Crippen LogP contribution is -2.18. The van der Waals surface area contributed by atoms with E-state index in [1.165, 1.54) is 0 Å². The molecule has 2 nitrogen and oxygen atoms in total. The topological polar surface area (TPSA) is 24.9 Å². The Hall–Kier alpha value is -0.840. The van der Waals surface area contributed by atoms with E-state index in [9.17, 15) is 8.78 Å². The van der Waals surface area contributed by atoms with Crippen molar-refractivity contribution in [3.8, 4) is 0 Å². The summed E-state index contributed by atoms with van der Waals surface area (Å²) in [7, 11) is 0. The van der Waals surface area contributed by atoms with Crippen molar-refractivity contribution in [1.29, 1.82) is 0 Å². The average Bonchev–Trinajstić information content (AvgIpc) is 2.97. The molecule has 1 aromatic heterocycles. The molecule has 0 aromatic carbocycles. The third-order valence-corrected chi connectivity index (χ3v) is 4.05. The molecular formula is C10H12F2N2S. The van der Waals surface area contributed by atoms with E-state index in [0.717, 1.165) is 25.1 Å². The summed E-state index contributed by atoms with van der Waals surface area (Å²) < 4.78 is 26.0. The van der Waals surface area contributed by atoms with E-state index in [4.69, 9.17) is 0 Å². The van der Waals surface area contributed by atoms with Gasteiger partial charge >= 0.3 is 0 Å². The van der Waals surface area contributed by atoms with Crippen LogP contribution in [0.5, 0.6) is 0 Å². The smallest absolute Gasteiger partial charge is 0.168 e. The lowest BCUT2D eigenvalue weighted by molar-refractivity contribution is 0.575. The SMILES string of the molecule is CSC1(CNc2ncc(F)cc2F)CC1. The van der Waals surface area contributed by atoms with Crippen LogP contribution in [0.1, 0.15) is 12.8 Å². The summed E-state index contributed by atoms with van der Waals surface area (Å²) in [5.41, 5.74) is 0. The van der Waals surface area contributed by atoms with Gasteiger partial charge in [0.1, 0.15) is 5.82 Å². The van der Waals surface area contributed by atoms with Crippen molar-refractivity contribution in [2.45, 2.75) is 17.6 Å². The summed E-state index contributed by atoms with van der Waals surface area (Å²) >= 11 is 1.78. The fraction of sp³-hybridized carbons (Fsp3) is 0.500. The van der Waals surface area contributed by atoms with Gasteiger partial charge in [-0.1, -0.05) is 0 Å². The number of thioether (sulfide) groups is 1. The third-order valence-electron chi connectivity index (χ3n) is 2.63. The van der Waals surface area contributed by atoms with Gasteiger partial charge < -0.3 is 5.32 Å². The number of hydrogen-bond donors (Lipinski definition) is 1. The molecular weight excluding hydrogens is 218 g/mol. The maximum Gasteiger partial charge on any atom is 0.168 e. The van der Waals surface area contributed by atoms with E-state index in [2.05, 4.69) is 10.3 Å². The lowest BCUT2D eigenvalue weighted by atomic mass is 10.4. The van der Waals surface area contributed by atoms with E-state index in [-0.39, 0.29) is 10.6 Å². The normalized spacial score (nSPS) is 17.5. The number of pyridine rings is 1. The molecule has 1 aromatic rings. The Bertz CT molecular complexity index is 366. The fourth-order valence-electron chi connectivity index (χ4n) is 1.38. The molecule has 0 atom stereocenters. The summed E-state index contributed by atoms with van der Waals surface area (Å²) in [5.74, 6) is -1.15. The highest BCUT2D eigenvalue weighted by atomic mass is 32.2. The van der Waals surface area contributed by atoms with Gasteiger partial charge in [-0.3, -0.25) is 0 Å². The molecule has 1 aliphatic carbocycles. The molecule has 0 unspecified atom stereocenters. The lowest BCUT2D eigenvalue weighted by Gasteiger charge is -2.13. The number of aromatic nitrogens is 1. The zero-order valence-electron chi connectivity index (χ0n) is 8.39. The van der Waals surface area contributed by atoms with Crippen LogP contribution in [0.4, 0.5) is 14.6 Å². The third kappa shape index (κ3) is 2.40. The number of anilines is 1. The molecule has 0 saturated heterocycles. The van der Waals surface area contributed by atoms with Crippen molar-refractivity contribution in [2.24, 2.45) is 0 Å². The van der Waals surface area contributed by atoms with Crippen LogP contribution < -0.4 is 5.32 Å².